The van der Waals surface area contributed by atoms with Gasteiger partial charge in [-0.05, 0) is 24.3 Å². The Morgan fingerprint density at radius 1 is 1.36 bits per heavy atom. The van der Waals surface area contributed by atoms with Crippen molar-refractivity contribution in [3.8, 4) is 5.75 Å². The number of ether oxygens (including phenoxy) is 1. The monoisotopic (exact) mass is 324 g/mol. The number of hydrogen-bond acceptors (Lipinski definition) is 6. The highest BCUT2D eigenvalue weighted by atomic mass is 32.2. The van der Waals surface area contributed by atoms with E-state index in [-0.39, 0.29) is 11.5 Å². The second-order valence-corrected chi connectivity index (χ2v) is 6.73. The molecule has 0 spiro atoms. The van der Waals surface area contributed by atoms with Gasteiger partial charge in [0.1, 0.15) is 11.3 Å². The SMILES string of the molecule is CN(C)S(=O)(=O)c1ccc(OCC(=O)NN)c2ncccc12. The van der Waals surface area contributed by atoms with Gasteiger partial charge in [0.2, 0.25) is 10.0 Å². The summed E-state index contributed by atoms with van der Waals surface area (Å²) >= 11 is 0. The van der Waals surface area contributed by atoms with Gasteiger partial charge < -0.3 is 4.74 Å². The molecule has 0 aliphatic carbocycles. The van der Waals surface area contributed by atoms with Gasteiger partial charge in [0.05, 0.1) is 4.90 Å². The molecule has 0 unspecified atom stereocenters. The molecule has 2 rings (SSSR count). The molecular formula is C13H16N4O4S. The fraction of sp³-hybridized carbons (Fsp3) is 0.231. The van der Waals surface area contributed by atoms with Crippen LogP contribution in [0.15, 0.2) is 35.4 Å². The molecule has 0 saturated carbocycles. The van der Waals surface area contributed by atoms with Gasteiger partial charge in [-0.25, -0.2) is 18.6 Å². The molecule has 0 aliphatic heterocycles. The van der Waals surface area contributed by atoms with E-state index in [1.807, 2.05) is 5.43 Å². The summed E-state index contributed by atoms with van der Waals surface area (Å²) in [4.78, 5) is 15.4. The largest absolute Gasteiger partial charge is 0.481 e. The number of nitrogens with one attached hydrogen (secondary N) is 1. The van der Waals surface area contributed by atoms with Crippen LogP contribution in [0.3, 0.4) is 0 Å². The number of amides is 1. The highest BCUT2D eigenvalue weighted by Gasteiger charge is 2.22. The van der Waals surface area contributed by atoms with Gasteiger partial charge in [0.25, 0.3) is 5.91 Å². The number of carbonyl (C=O) groups is 1. The summed E-state index contributed by atoms with van der Waals surface area (Å²) in [7, 11) is -0.714. The summed E-state index contributed by atoms with van der Waals surface area (Å²) in [6.45, 7) is -0.290. The van der Waals surface area contributed by atoms with Gasteiger partial charge in [0, 0.05) is 25.7 Å². The minimum absolute atomic E-state index is 0.122. The highest BCUT2D eigenvalue weighted by molar-refractivity contribution is 7.89. The Balaban J connectivity index is 2.55. The second kappa shape index (κ2) is 6.26. The third-order valence-electron chi connectivity index (χ3n) is 2.97. The summed E-state index contributed by atoms with van der Waals surface area (Å²) in [5, 5.41) is 0.418. The maximum absolute atomic E-state index is 12.3. The van der Waals surface area contributed by atoms with E-state index in [0.717, 1.165) is 4.31 Å². The number of hydrazine groups is 1. The number of sulfonamides is 1. The van der Waals surface area contributed by atoms with Crippen LogP contribution in [0.4, 0.5) is 0 Å². The van der Waals surface area contributed by atoms with Crippen molar-refractivity contribution < 1.29 is 17.9 Å². The molecule has 9 heteroatoms. The molecule has 2 aromatic rings. The van der Waals surface area contributed by atoms with Gasteiger partial charge in [-0.1, -0.05) is 0 Å². The van der Waals surface area contributed by atoms with Crippen LogP contribution in [0.2, 0.25) is 0 Å². The van der Waals surface area contributed by atoms with E-state index in [1.54, 1.807) is 12.1 Å². The van der Waals surface area contributed by atoms with Crippen LogP contribution in [0, 0.1) is 0 Å². The van der Waals surface area contributed by atoms with E-state index in [9.17, 15) is 13.2 Å². The van der Waals surface area contributed by atoms with Crippen molar-refractivity contribution in [2.45, 2.75) is 4.90 Å². The lowest BCUT2D eigenvalue weighted by molar-refractivity contribution is -0.123. The number of benzene rings is 1. The minimum Gasteiger partial charge on any atom is -0.481 e. The first-order valence-electron chi connectivity index (χ1n) is 6.30. The van der Waals surface area contributed by atoms with Crippen LogP contribution in [-0.4, -0.2) is 44.3 Å². The summed E-state index contributed by atoms with van der Waals surface area (Å²) in [6.07, 6.45) is 1.52. The third kappa shape index (κ3) is 3.01. The maximum atomic E-state index is 12.3. The Labute approximate surface area is 127 Å². The Kier molecular flexibility index (Phi) is 4.59. The molecule has 0 atom stereocenters. The van der Waals surface area contributed by atoms with Crippen LogP contribution in [0.1, 0.15) is 0 Å². The van der Waals surface area contributed by atoms with Crippen molar-refractivity contribution in [3.63, 3.8) is 0 Å². The van der Waals surface area contributed by atoms with Crippen molar-refractivity contribution in [1.29, 1.82) is 0 Å². The first kappa shape index (κ1) is 16.1. The lowest BCUT2D eigenvalue weighted by Gasteiger charge is -2.15. The average molecular weight is 324 g/mol. The van der Waals surface area contributed by atoms with E-state index in [2.05, 4.69) is 4.98 Å². The molecule has 0 bridgehead atoms. The van der Waals surface area contributed by atoms with Crippen molar-refractivity contribution in [2.75, 3.05) is 20.7 Å². The molecule has 0 saturated heterocycles. The quantitative estimate of drug-likeness (QED) is 0.449. The summed E-state index contributed by atoms with van der Waals surface area (Å²) in [5.74, 6) is 4.78. The number of pyridine rings is 1. The molecule has 8 nitrogen and oxygen atoms in total. The average Bonchev–Trinajstić information content (AvgIpc) is 2.51. The summed E-state index contributed by atoms with van der Waals surface area (Å²) in [5.41, 5.74) is 2.30. The Hall–Kier alpha value is -2.23. The lowest BCUT2D eigenvalue weighted by Crippen LogP contribution is -2.34. The minimum atomic E-state index is -3.62. The predicted octanol–water partition coefficient (Wildman–Crippen LogP) is -0.146. The van der Waals surface area contributed by atoms with Gasteiger partial charge >= 0.3 is 0 Å². The number of rotatable bonds is 5. The van der Waals surface area contributed by atoms with E-state index >= 15 is 0 Å². The first-order valence-corrected chi connectivity index (χ1v) is 7.74. The van der Waals surface area contributed by atoms with E-state index in [4.69, 9.17) is 10.6 Å². The van der Waals surface area contributed by atoms with E-state index in [1.165, 1.54) is 32.4 Å². The number of nitrogens with two attached hydrogens (primary N) is 1. The van der Waals surface area contributed by atoms with Gasteiger partial charge in [-0.2, -0.15) is 0 Å². The van der Waals surface area contributed by atoms with Gasteiger partial charge in [-0.15, -0.1) is 0 Å². The van der Waals surface area contributed by atoms with Crippen LogP contribution < -0.4 is 16.0 Å². The molecular weight excluding hydrogens is 308 g/mol. The summed E-state index contributed by atoms with van der Waals surface area (Å²) < 4.78 is 31.2. The molecule has 22 heavy (non-hydrogen) atoms. The number of aromatic nitrogens is 1. The predicted molar refractivity (Wildman–Crippen MR) is 80.4 cm³/mol. The molecule has 118 valence electrons. The number of nitrogens with zero attached hydrogens (tertiary/aromatic N) is 2. The van der Waals surface area contributed by atoms with Gasteiger partial charge in [0.15, 0.2) is 6.61 Å². The van der Waals surface area contributed by atoms with Crippen molar-refractivity contribution in [1.82, 2.24) is 14.7 Å². The van der Waals surface area contributed by atoms with Crippen LogP contribution in [0.5, 0.6) is 5.75 Å². The Bertz CT molecular complexity index is 805. The highest BCUT2D eigenvalue weighted by Crippen LogP contribution is 2.30. The molecule has 0 fully saturated rings. The fourth-order valence-corrected chi connectivity index (χ4v) is 2.92. The number of fused-ring (bicyclic) bond motifs is 1. The standard InChI is InChI=1S/C13H16N4O4S/c1-17(2)22(19,20)11-6-5-10(21-8-12(18)16-14)13-9(11)4-3-7-15-13/h3-7H,8,14H2,1-2H3,(H,16,18). The first-order chi connectivity index (χ1) is 10.4. The smallest absolute Gasteiger partial charge is 0.271 e. The zero-order valence-electron chi connectivity index (χ0n) is 12.1. The molecule has 1 amide bonds. The van der Waals surface area contributed by atoms with Crippen LogP contribution >= 0.6 is 0 Å². The topological polar surface area (TPSA) is 115 Å². The molecule has 1 heterocycles. The third-order valence-corrected chi connectivity index (χ3v) is 4.84. The van der Waals surface area contributed by atoms with Crippen LogP contribution in [0.25, 0.3) is 10.9 Å². The van der Waals surface area contributed by atoms with Gasteiger partial charge in [-0.3, -0.25) is 15.2 Å². The fourth-order valence-electron chi connectivity index (χ4n) is 1.84. The second-order valence-electron chi connectivity index (χ2n) is 4.61. The van der Waals surface area contributed by atoms with Crippen molar-refractivity contribution in [3.05, 3.63) is 30.5 Å². The van der Waals surface area contributed by atoms with Crippen molar-refractivity contribution in [2.24, 2.45) is 5.84 Å². The number of hydrogen-bond donors (Lipinski definition) is 2. The maximum Gasteiger partial charge on any atom is 0.271 e. The lowest BCUT2D eigenvalue weighted by atomic mass is 10.2. The number of carbonyl (C=O) groups excluding carboxylic acids is 1. The van der Waals surface area contributed by atoms with E-state index in [0.29, 0.717) is 16.7 Å². The zero-order chi connectivity index (χ0) is 16.3. The Morgan fingerprint density at radius 2 is 2.09 bits per heavy atom. The normalized spacial score (nSPS) is 11.6. The molecule has 1 aromatic heterocycles. The van der Waals surface area contributed by atoms with Crippen LogP contribution in [-0.2, 0) is 14.8 Å². The Morgan fingerprint density at radius 3 is 2.73 bits per heavy atom. The summed E-state index contributed by atoms with van der Waals surface area (Å²) in [6, 6.07) is 6.16. The molecule has 1 aromatic carbocycles. The molecule has 0 radical (unpaired) electrons. The zero-order valence-corrected chi connectivity index (χ0v) is 12.9. The molecule has 0 aliphatic rings. The van der Waals surface area contributed by atoms with Crippen molar-refractivity contribution >= 4 is 26.8 Å². The molecule has 3 N–H and O–H groups in total. The van der Waals surface area contributed by atoms with E-state index < -0.39 is 15.9 Å².